The van der Waals surface area contributed by atoms with Crippen molar-refractivity contribution < 1.29 is 4.42 Å². The molecular weight excluding hydrogens is 240 g/mol. The summed E-state index contributed by atoms with van der Waals surface area (Å²) in [4.78, 5) is 4.45. The van der Waals surface area contributed by atoms with Gasteiger partial charge in [-0.25, -0.2) is 4.98 Å². The number of fused-ring (bicyclic) bond motifs is 1. The topological polar surface area (TPSA) is 55.4 Å². The zero-order chi connectivity index (χ0) is 13.4. The highest BCUT2D eigenvalue weighted by molar-refractivity contribution is 5.50. The molecule has 0 amide bonds. The van der Waals surface area contributed by atoms with E-state index in [-0.39, 0.29) is 0 Å². The van der Waals surface area contributed by atoms with Crippen LogP contribution in [0.2, 0.25) is 0 Å². The molecule has 3 aromatic heterocycles. The van der Waals surface area contributed by atoms with Crippen LogP contribution in [0.15, 0.2) is 28.7 Å². The molecule has 0 aromatic carbocycles. The Labute approximate surface area is 111 Å². The predicted octanol–water partition coefficient (Wildman–Crippen LogP) is 2.86. The van der Waals surface area contributed by atoms with E-state index < -0.39 is 0 Å². The van der Waals surface area contributed by atoms with Crippen LogP contribution in [0.3, 0.4) is 0 Å². The molecule has 0 radical (unpaired) electrons. The van der Waals surface area contributed by atoms with E-state index in [2.05, 4.69) is 15.4 Å². The van der Waals surface area contributed by atoms with Crippen molar-refractivity contribution in [1.82, 2.24) is 14.6 Å². The molecule has 0 aliphatic heterocycles. The summed E-state index contributed by atoms with van der Waals surface area (Å²) in [5.74, 6) is 2.75. The summed E-state index contributed by atoms with van der Waals surface area (Å²) in [6, 6.07) is 7.88. The Kier molecular flexibility index (Phi) is 2.74. The van der Waals surface area contributed by atoms with Crippen molar-refractivity contribution in [3.05, 3.63) is 47.2 Å². The molecule has 3 aromatic rings. The smallest absolute Gasteiger partial charge is 0.157 e. The number of hydrogen-bond acceptors (Lipinski definition) is 4. The van der Waals surface area contributed by atoms with Crippen LogP contribution in [0, 0.1) is 20.8 Å². The molecule has 0 aliphatic rings. The number of furan rings is 1. The highest BCUT2D eigenvalue weighted by atomic mass is 16.3. The lowest BCUT2D eigenvalue weighted by molar-refractivity contribution is 0.490. The average molecular weight is 256 g/mol. The number of hydrogen-bond donors (Lipinski definition) is 1. The number of nitrogens with zero attached hydrogens (tertiary/aromatic N) is 3. The highest BCUT2D eigenvalue weighted by Crippen LogP contribution is 2.15. The molecule has 0 aliphatic carbocycles. The molecule has 0 spiro atoms. The minimum atomic E-state index is 0.630. The lowest BCUT2D eigenvalue weighted by Gasteiger charge is -2.07. The van der Waals surface area contributed by atoms with Gasteiger partial charge in [-0.05, 0) is 32.9 Å². The number of rotatable bonds is 3. The van der Waals surface area contributed by atoms with Crippen molar-refractivity contribution in [2.45, 2.75) is 27.3 Å². The summed E-state index contributed by atoms with van der Waals surface area (Å²) in [6.07, 6.45) is 0. The minimum absolute atomic E-state index is 0.630. The molecule has 0 unspecified atom stereocenters. The van der Waals surface area contributed by atoms with Gasteiger partial charge in [0.2, 0.25) is 0 Å². The summed E-state index contributed by atoms with van der Waals surface area (Å²) in [6.45, 7) is 6.51. The molecule has 0 saturated heterocycles. The van der Waals surface area contributed by atoms with E-state index in [0.29, 0.717) is 6.54 Å². The SMILES string of the molecule is Cc1cc(NCc2ccc(C)o2)n2nc(C)cc2n1. The van der Waals surface area contributed by atoms with Gasteiger partial charge in [0.15, 0.2) is 5.65 Å². The van der Waals surface area contributed by atoms with Crippen molar-refractivity contribution in [3.63, 3.8) is 0 Å². The van der Waals surface area contributed by atoms with E-state index in [4.69, 9.17) is 4.42 Å². The fourth-order valence-corrected chi connectivity index (χ4v) is 2.10. The fraction of sp³-hybridized carbons (Fsp3) is 0.286. The Balaban J connectivity index is 1.91. The predicted molar refractivity (Wildman–Crippen MR) is 73.2 cm³/mol. The van der Waals surface area contributed by atoms with E-state index in [1.54, 1.807) is 0 Å². The number of aromatic nitrogens is 3. The lowest BCUT2D eigenvalue weighted by Crippen LogP contribution is -2.06. The molecule has 98 valence electrons. The van der Waals surface area contributed by atoms with Gasteiger partial charge in [0.05, 0.1) is 12.2 Å². The van der Waals surface area contributed by atoms with Gasteiger partial charge in [-0.2, -0.15) is 9.61 Å². The summed E-state index contributed by atoms with van der Waals surface area (Å²) in [5, 5.41) is 7.77. The second-order valence-electron chi connectivity index (χ2n) is 4.70. The highest BCUT2D eigenvalue weighted by Gasteiger charge is 2.07. The first-order valence-electron chi connectivity index (χ1n) is 6.25. The van der Waals surface area contributed by atoms with Gasteiger partial charge in [-0.15, -0.1) is 0 Å². The van der Waals surface area contributed by atoms with E-state index >= 15 is 0 Å². The monoisotopic (exact) mass is 256 g/mol. The Bertz CT molecular complexity index is 726. The Morgan fingerprint density at radius 1 is 1.16 bits per heavy atom. The van der Waals surface area contributed by atoms with Gasteiger partial charge in [0.1, 0.15) is 17.3 Å². The standard InChI is InChI=1S/C14H16N4O/c1-9-6-13(15-8-12-5-4-11(3)19-12)18-14(16-9)7-10(2)17-18/h4-7,15H,8H2,1-3H3. The Morgan fingerprint density at radius 2 is 2.00 bits per heavy atom. The Hall–Kier alpha value is -2.30. The summed E-state index contributed by atoms with van der Waals surface area (Å²) in [7, 11) is 0. The molecule has 3 rings (SSSR count). The molecule has 5 heteroatoms. The molecule has 19 heavy (non-hydrogen) atoms. The molecule has 1 N–H and O–H groups in total. The van der Waals surface area contributed by atoms with Crippen LogP contribution >= 0.6 is 0 Å². The molecular formula is C14H16N4O. The quantitative estimate of drug-likeness (QED) is 0.783. The summed E-state index contributed by atoms with van der Waals surface area (Å²) < 4.78 is 7.36. The minimum Gasteiger partial charge on any atom is -0.465 e. The summed E-state index contributed by atoms with van der Waals surface area (Å²) >= 11 is 0. The van der Waals surface area contributed by atoms with Crippen molar-refractivity contribution in [3.8, 4) is 0 Å². The first-order valence-corrected chi connectivity index (χ1v) is 6.25. The molecule has 0 fully saturated rings. The first-order chi connectivity index (χ1) is 9.11. The normalized spacial score (nSPS) is 11.1. The number of nitrogens with one attached hydrogen (secondary N) is 1. The largest absolute Gasteiger partial charge is 0.465 e. The van der Waals surface area contributed by atoms with Crippen LogP contribution in [0.5, 0.6) is 0 Å². The molecule has 0 atom stereocenters. The van der Waals surface area contributed by atoms with Crippen molar-refractivity contribution in [2.24, 2.45) is 0 Å². The van der Waals surface area contributed by atoms with E-state index in [1.807, 2.05) is 49.6 Å². The van der Waals surface area contributed by atoms with Crippen LogP contribution in [-0.2, 0) is 6.54 Å². The van der Waals surface area contributed by atoms with Crippen LogP contribution in [0.1, 0.15) is 22.9 Å². The van der Waals surface area contributed by atoms with Crippen LogP contribution in [-0.4, -0.2) is 14.6 Å². The van der Waals surface area contributed by atoms with Gasteiger partial charge in [0.25, 0.3) is 0 Å². The maximum Gasteiger partial charge on any atom is 0.157 e. The first kappa shape index (κ1) is 11.8. The third-order valence-corrected chi connectivity index (χ3v) is 2.92. The molecule has 0 bridgehead atoms. The maximum absolute atomic E-state index is 5.54. The van der Waals surface area contributed by atoms with Crippen LogP contribution in [0.4, 0.5) is 5.82 Å². The average Bonchev–Trinajstić information content (AvgIpc) is 2.91. The molecule has 3 heterocycles. The zero-order valence-corrected chi connectivity index (χ0v) is 11.3. The summed E-state index contributed by atoms with van der Waals surface area (Å²) in [5.41, 5.74) is 2.77. The van der Waals surface area contributed by atoms with Gasteiger partial charge >= 0.3 is 0 Å². The molecule has 0 saturated carbocycles. The van der Waals surface area contributed by atoms with Crippen LogP contribution < -0.4 is 5.32 Å². The van der Waals surface area contributed by atoms with Crippen molar-refractivity contribution >= 4 is 11.5 Å². The van der Waals surface area contributed by atoms with Gasteiger partial charge in [0, 0.05) is 17.8 Å². The third kappa shape index (κ3) is 2.31. The van der Waals surface area contributed by atoms with E-state index in [1.165, 1.54) is 0 Å². The second-order valence-corrected chi connectivity index (χ2v) is 4.70. The van der Waals surface area contributed by atoms with E-state index in [0.717, 1.165) is 34.4 Å². The van der Waals surface area contributed by atoms with Gasteiger partial charge in [-0.3, -0.25) is 0 Å². The van der Waals surface area contributed by atoms with Crippen LogP contribution in [0.25, 0.3) is 5.65 Å². The molecule has 5 nitrogen and oxygen atoms in total. The second kappa shape index (κ2) is 4.42. The lowest BCUT2D eigenvalue weighted by atomic mass is 10.4. The fourth-order valence-electron chi connectivity index (χ4n) is 2.10. The van der Waals surface area contributed by atoms with Gasteiger partial charge in [-0.1, -0.05) is 0 Å². The number of anilines is 1. The van der Waals surface area contributed by atoms with Crippen molar-refractivity contribution in [2.75, 3.05) is 5.32 Å². The maximum atomic E-state index is 5.54. The zero-order valence-electron chi connectivity index (χ0n) is 11.3. The van der Waals surface area contributed by atoms with Gasteiger partial charge < -0.3 is 9.73 Å². The third-order valence-electron chi connectivity index (χ3n) is 2.92. The van der Waals surface area contributed by atoms with Crippen molar-refractivity contribution in [1.29, 1.82) is 0 Å². The van der Waals surface area contributed by atoms with E-state index in [9.17, 15) is 0 Å². The Morgan fingerprint density at radius 3 is 2.74 bits per heavy atom. The number of aryl methyl sites for hydroxylation is 3.